The van der Waals surface area contributed by atoms with Gasteiger partial charge in [0.2, 0.25) is 11.8 Å². The summed E-state index contributed by atoms with van der Waals surface area (Å²) in [6.07, 6.45) is 2.45. The fourth-order valence-electron chi connectivity index (χ4n) is 4.06. The van der Waals surface area contributed by atoms with Crippen LogP contribution in [0, 0.1) is 0 Å². The standard InChI is InChI=1S/C24H26N4O4/c1-24(14-13-17-6-3-2-4-7-17)22(31)28(23(32)25-24)26-20(29)16-18-9-11-19(12-10-18)27-15-5-8-21(27)30/h2-4,6-7,9-12H,5,8,13-16H2,1H3,(H,25,32)(H,26,29). The number of benzene rings is 2. The van der Waals surface area contributed by atoms with Crippen LogP contribution in [0.3, 0.4) is 0 Å². The third kappa shape index (κ3) is 4.49. The molecule has 0 aliphatic carbocycles. The van der Waals surface area contributed by atoms with Crippen molar-refractivity contribution in [2.75, 3.05) is 11.4 Å². The summed E-state index contributed by atoms with van der Waals surface area (Å²) < 4.78 is 0. The van der Waals surface area contributed by atoms with Gasteiger partial charge in [0.05, 0.1) is 6.42 Å². The van der Waals surface area contributed by atoms with Gasteiger partial charge in [-0.05, 0) is 49.4 Å². The maximum absolute atomic E-state index is 12.9. The second-order valence-electron chi connectivity index (χ2n) is 8.42. The summed E-state index contributed by atoms with van der Waals surface area (Å²) in [5, 5.41) is 3.47. The van der Waals surface area contributed by atoms with E-state index in [2.05, 4.69) is 10.7 Å². The molecule has 2 heterocycles. The van der Waals surface area contributed by atoms with Crippen molar-refractivity contribution in [1.29, 1.82) is 0 Å². The molecule has 4 rings (SSSR count). The van der Waals surface area contributed by atoms with Gasteiger partial charge in [-0.1, -0.05) is 42.5 Å². The van der Waals surface area contributed by atoms with E-state index in [1.54, 1.807) is 36.1 Å². The van der Waals surface area contributed by atoms with Crippen molar-refractivity contribution in [3.8, 4) is 0 Å². The first-order chi connectivity index (χ1) is 15.4. The number of hydrogen-bond donors (Lipinski definition) is 2. The number of aryl methyl sites for hydroxylation is 1. The zero-order valence-electron chi connectivity index (χ0n) is 18.0. The number of hydrogen-bond acceptors (Lipinski definition) is 4. The maximum Gasteiger partial charge on any atom is 0.344 e. The molecule has 2 aliphatic rings. The molecule has 1 atom stereocenters. The van der Waals surface area contributed by atoms with Crippen LogP contribution in [0.15, 0.2) is 54.6 Å². The molecule has 2 fully saturated rings. The van der Waals surface area contributed by atoms with E-state index in [-0.39, 0.29) is 12.3 Å². The number of hydrazine groups is 1. The van der Waals surface area contributed by atoms with Gasteiger partial charge in [0, 0.05) is 18.7 Å². The fraction of sp³-hybridized carbons (Fsp3) is 0.333. The van der Waals surface area contributed by atoms with E-state index in [1.807, 2.05) is 30.3 Å². The average Bonchev–Trinajstić information content (AvgIpc) is 3.30. The lowest BCUT2D eigenvalue weighted by atomic mass is 9.93. The normalized spacial score (nSPS) is 20.6. The molecule has 2 aliphatic heterocycles. The van der Waals surface area contributed by atoms with Gasteiger partial charge in [-0.25, -0.2) is 4.79 Å². The molecule has 0 bridgehead atoms. The molecule has 0 radical (unpaired) electrons. The first-order valence-electron chi connectivity index (χ1n) is 10.8. The Bertz CT molecular complexity index is 1040. The van der Waals surface area contributed by atoms with E-state index in [0.717, 1.165) is 28.2 Å². The van der Waals surface area contributed by atoms with Crippen molar-refractivity contribution in [3.63, 3.8) is 0 Å². The highest BCUT2D eigenvalue weighted by molar-refractivity contribution is 6.07. The van der Waals surface area contributed by atoms with Crippen molar-refractivity contribution in [2.24, 2.45) is 0 Å². The Morgan fingerprint density at radius 1 is 1.03 bits per heavy atom. The minimum Gasteiger partial charge on any atom is -0.322 e. The largest absolute Gasteiger partial charge is 0.344 e. The molecule has 2 N–H and O–H groups in total. The van der Waals surface area contributed by atoms with Crippen molar-refractivity contribution in [2.45, 2.75) is 44.6 Å². The molecule has 2 aromatic rings. The second kappa shape index (κ2) is 8.82. The van der Waals surface area contributed by atoms with E-state index in [1.165, 1.54) is 0 Å². The summed E-state index contributed by atoms with van der Waals surface area (Å²) in [4.78, 5) is 51.3. The van der Waals surface area contributed by atoms with E-state index in [9.17, 15) is 19.2 Å². The van der Waals surface area contributed by atoms with Crippen molar-refractivity contribution < 1.29 is 19.2 Å². The topological polar surface area (TPSA) is 98.8 Å². The van der Waals surface area contributed by atoms with Crippen LogP contribution in [-0.4, -0.2) is 40.8 Å². The number of urea groups is 1. The predicted molar refractivity (Wildman–Crippen MR) is 118 cm³/mol. The molecule has 2 saturated heterocycles. The van der Waals surface area contributed by atoms with Gasteiger partial charge in [-0.15, -0.1) is 0 Å². The quantitative estimate of drug-likeness (QED) is 0.654. The highest BCUT2D eigenvalue weighted by Gasteiger charge is 2.48. The number of carbonyl (C=O) groups is 4. The van der Waals surface area contributed by atoms with E-state index in [0.29, 0.717) is 25.8 Å². The third-order valence-electron chi connectivity index (χ3n) is 5.94. The molecule has 5 amide bonds. The van der Waals surface area contributed by atoms with Gasteiger partial charge in [-0.2, -0.15) is 5.01 Å². The summed E-state index contributed by atoms with van der Waals surface area (Å²) in [5.41, 5.74) is 3.94. The molecule has 0 saturated carbocycles. The van der Waals surface area contributed by atoms with Gasteiger partial charge in [0.15, 0.2) is 0 Å². The number of rotatable bonds is 7. The van der Waals surface area contributed by atoms with Gasteiger partial charge in [-0.3, -0.25) is 19.8 Å². The van der Waals surface area contributed by atoms with Crippen LogP contribution in [0.2, 0.25) is 0 Å². The van der Waals surface area contributed by atoms with Gasteiger partial charge in [0.25, 0.3) is 5.91 Å². The maximum atomic E-state index is 12.9. The minimum atomic E-state index is -1.08. The summed E-state index contributed by atoms with van der Waals surface area (Å²) in [5.74, 6) is -0.843. The molecule has 0 aromatic heterocycles. The average molecular weight is 434 g/mol. The number of nitrogens with zero attached hydrogens (tertiary/aromatic N) is 2. The lowest BCUT2D eigenvalue weighted by Gasteiger charge is -2.21. The molecule has 0 spiro atoms. The number of nitrogens with one attached hydrogen (secondary N) is 2. The monoisotopic (exact) mass is 434 g/mol. The molecule has 32 heavy (non-hydrogen) atoms. The Morgan fingerprint density at radius 3 is 2.41 bits per heavy atom. The van der Waals surface area contributed by atoms with Gasteiger partial charge < -0.3 is 10.2 Å². The Balaban J connectivity index is 1.34. The van der Waals surface area contributed by atoms with Crippen molar-refractivity contribution in [1.82, 2.24) is 15.8 Å². The Morgan fingerprint density at radius 2 is 1.75 bits per heavy atom. The summed E-state index contributed by atoms with van der Waals surface area (Å²) in [6.45, 7) is 2.37. The second-order valence-corrected chi connectivity index (χ2v) is 8.42. The van der Waals surface area contributed by atoms with Crippen LogP contribution in [0.25, 0.3) is 0 Å². The number of imide groups is 1. The molecule has 8 heteroatoms. The molecule has 2 aromatic carbocycles. The molecule has 1 unspecified atom stereocenters. The van der Waals surface area contributed by atoms with Crippen LogP contribution in [0.5, 0.6) is 0 Å². The van der Waals surface area contributed by atoms with Crippen molar-refractivity contribution >= 4 is 29.4 Å². The number of anilines is 1. The molecular weight excluding hydrogens is 408 g/mol. The minimum absolute atomic E-state index is 0.00597. The zero-order chi connectivity index (χ0) is 22.7. The molecule has 166 valence electrons. The molecule has 8 nitrogen and oxygen atoms in total. The SMILES string of the molecule is CC1(CCc2ccccc2)NC(=O)N(NC(=O)Cc2ccc(N3CCCC3=O)cc2)C1=O. The smallest absolute Gasteiger partial charge is 0.322 e. The predicted octanol–water partition coefficient (Wildman–Crippen LogP) is 2.33. The lowest BCUT2D eigenvalue weighted by molar-refractivity contribution is -0.138. The summed E-state index contributed by atoms with van der Waals surface area (Å²) in [6, 6.07) is 16.2. The zero-order valence-corrected chi connectivity index (χ0v) is 18.0. The van der Waals surface area contributed by atoms with E-state index >= 15 is 0 Å². The van der Waals surface area contributed by atoms with Gasteiger partial charge in [0.1, 0.15) is 5.54 Å². The highest BCUT2D eigenvalue weighted by atomic mass is 16.2. The summed E-state index contributed by atoms with van der Waals surface area (Å²) in [7, 11) is 0. The Labute approximate surface area is 186 Å². The first kappa shape index (κ1) is 21.5. The lowest BCUT2D eigenvalue weighted by Crippen LogP contribution is -2.49. The fourth-order valence-corrected chi connectivity index (χ4v) is 4.06. The van der Waals surface area contributed by atoms with Crippen LogP contribution in [0.4, 0.5) is 10.5 Å². The Kier molecular flexibility index (Phi) is 5.94. The third-order valence-corrected chi connectivity index (χ3v) is 5.94. The van der Waals surface area contributed by atoms with Crippen LogP contribution < -0.4 is 15.6 Å². The molecular formula is C24H26N4O4. The van der Waals surface area contributed by atoms with Crippen LogP contribution in [-0.2, 0) is 27.2 Å². The Hall–Kier alpha value is -3.68. The number of amides is 5. The van der Waals surface area contributed by atoms with E-state index in [4.69, 9.17) is 0 Å². The van der Waals surface area contributed by atoms with Crippen molar-refractivity contribution in [3.05, 3.63) is 65.7 Å². The number of carbonyl (C=O) groups excluding carboxylic acids is 4. The van der Waals surface area contributed by atoms with E-state index < -0.39 is 23.4 Å². The van der Waals surface area contributed by atoms with Gasteiger partial charge >= 0.3 is 6.03 Å². The summed E-state index contributed by atoms with van der Waals surface area (Å²) >= 11 is 0. The highest BCUT2D eigenvalue weighted by Crippen LogP contribution is 2.23. The van der Waals surface area contributed by atoms with Crippen LogP contribution in [0.1, 0.15) is 37.3 Å². The first-order valence-corrected chi connectivity index (χ1v) is 10.8. The van der Waals surface area contributed by atoms with Crippen LogP contribution >= 0.6 is 0 Å².